The predicted molar refractivity (Wildman–Crippen MR) is 73.9 cm³/mol. The van der Waals surface area contributed by atoms with Crippen molar-refractivity contribution in [3.63, 3.8) is 0 Å². The SMILES string of the molecule is CC(C)NC(=O)CCNC(=O)c1cc(Cl)ncc1N. The van der Waals surface area contributed by atoms with E-state index < -0.39 is 0 Å². The van der Waals surface area contributed by atoms with Gasteiger partial charge < -0.3 is 16.4 Å². The van der Waals surface area contributed by atoms with Crippen LogP contribution in [0.5, 0.6) is 0 Å². The average Bonchev–Trinajstić information content (AvgIpc) is 2.31. The summed E-state index contributed by atoms with van der Waals surface area (Å²) in [5.74, 6) is -0.491. The van der Waals surface area contributed by atoms with Crippen LogP contribution >= 0.6 is 11.6 Å². The maximum atomic E-state index is 11.8. The first-order chi connectivity index (χ1) is 8.90. The number of carbonyl (C=O) groups is 2. The lowest BCUT2D eigenvalue weighted by Gasteiger charge is -2.09. The highest BCUT2D eigenvalue weighted by Gasteiger charge is 2.11. The molecule has 1 heterocycles. The first-order valence-corrected chi connectivity index (χ1v) is 6.26. The maximum absolute atomic E-state index is 11.8. The number of carbonyl (C=O) groups excluding carboxylic acids is 2. The molecule has 0 radical (unpaired) electrons. The van der Waals surface area contributed by atoms with E-state index in [0.717, 1.165) is 0 Å². The Morgan fingerprint density at radius 3 is 2.79 bits per heavy atom. The number of nitrogens with zero attached hydrogens (tertiary/aromatic N) is 1. The average molecular weight is 285 g/mol. The standard InChI is InChI=1S/C12H17ClN4O2/c1-7(2)17-11(18)3-4-15-12(19)8-5-10(13)16-6-9(8)14/h5-7H,3-4,14H2,1-2H3,(H,15,19)(H,17,18). The summed E-state index contributed by atoms with van der Waals surface area (Å²) in [6.45, 7) is 3.98. The Balaban J connectivity index is 2.48. The topological polar surface area (TPSA) is 97.1 Å². The van der Waals surface area contributed by atoms with Gasteiger partial charge in [0.1, 0.15) is 5.15 Å². The first kappa shape index (κ1) is 15.2. The Labute approximate surface area is 116 Å². The van der Waals surface area contributed by atoms with Gasteiger partial charge in [0, 0.05) is 19.0 Å². The highest BCUT2D eigenvalue weighted by molar-refractivity contribution is 6.29. The molecule has 2 amide bonds. The van der Waals surface area contributed by atoms with E-state index in [1.165, 1.54) is 12.3 Å². The van der Waals surface area contributed by atoms with Crippen LogP contribution in [-0.4, -0.2) is 29.4 Å². The molecule has 1 aromatic heterocycles. The molecular formula is C12H17ClN4O2. The molecule has 0 aliphatic carbocycles. The molecule has 0 bridgehead atoms. The molecule has 0 aliphatic rings. The van der Waals surface area contributed by atoms with Crippen molar-refractivity contribution in [2.75, 3.05) is 12.3 Å². The zero-order chi connectivity index (χ0) is 14.4. The van der Waals surface area contributed by atoms with Gasteiger partial charge in [0.15, 0.2) is 0 Å². The number of hydrogen-bond donors (Lipinski definition) is 3. The predicted octanol–water partition coefficient (Wildman–Crippen LogP) is 0.962. The van der Waals surface area contributed by atoms with Gasteiger partial charge in [-0.15, -0.1) is 0 Å². The molecular weight excluding hydrogens is 268 g/mol. The lowest BCUT2D eigenvalue weighted by molar-refractivity contribution is -0.121. The van der Waals surface area contributed by atoms with Crippen molar-refractivity contribution < 1.29 is 9.59 Å². The Bertz CT molecular complexity index is 477. The van der Waals surface area contributed by atoms with Gasteiger partial charge in [0.05, 0.1) is 17.4 Å². The fourth-order valence-corrected chi connectivity index (χ4v) is 1.57. The van der Waals surface area contributed by atoms with E-state index in [1.807, 2.05) is 13.8 Å². The smallest absolute Gasteiger partial charge is 0.253 e. The second kappa shape index (κ2) is 6.94. The first-order valence-electron chi connectivity index (χ1n) is 5.88. The molecule has 0 unspecified atom stereocenters. The lowest BCUT2D eigenvalue weighted by Crippen LogP contribution is -2.34. The van der Waals surface area contributed by atoms with Crippen molar-refractivity contribution >= 4 is 29.1 Å². The van der Waals surface area contributed by atoms with E-state index in [9.17, 15) is 9.59 Å². The molecule has 6 nitrogen and oxygen atoms in total. The van der Waals surface area contributed by atoms with E-state index in [2.05, 4.69) is 15.6 Å². The Kier molecular flexibility index (Phi) is 5.57. The van der Waals surface area contributed by atoms with Crippen LogP contribution in [0.25, 0.3) is 0 Å². The molecule has 7 heteroatoms. The van der Waals surface area contributed by atoms with Gasteiger partial charge >= 0.3 is 0 Å². The van der Waals surface area contributed by atoms with Gasteiger partial charge in [-0.1, -0.05) is 11.6 Å². The Morgan fingerprint density at radius 2 is 2.16 bits per heavy atom. The summed E-state index contributed by atoms with van der Waals surface area (Å²) in [7, 11) is 0. The van der Waals surface area contributed by atoms with E-state index >= 15 is 0 Å². The van der Waals surface area contributed by atoms with Crippen LogP contribution < -0.4 is 16.4 Å². The van der Waals surface area contributed by atoms with Gasteiger partial charge in [-0.2, -0.15) is 0 Å². The highest BCUT2D eigenvalue weighted by Crippen LogP contribution is 2.14. The molecule has 0 fully saturated rings. The van der Waals surface area contributed by atoms with E-state index in [-0.39, 0.29) is 47.2 Å². The summed E-state index contributed by atoms with van der Waals surface area (Å²) in [5.41, 5.74) is 6.12. The number of amides is 2. The van der Waals surface area contributed by atoms with Crippen molar-refractivity contribution in [3.05, 3.63) is 23.0 Å². The molecule has 104 valence electrons. The molecule has 1 aromatic rings. The third-order valence-corrected chi connectivity index (χ3v) is 2.44. The number of rotatable bonds is 5. The van der Waals surface area contributed by atoms with Gasteiger partial charge in [-0.3, -0.25) is 9.59 Å². The van der Waals surface area contributed by atoms with E-state index in [4.69, 9.17) is 17.3 Å². The van der Waals surface area contributed by atoms with Gasteiger partial charge in [0.25, 0.3) is 5.91 Å². The summed E-state index contributed by atoms with van der Waals surface area (Å²) in [6, 6.07) is 1.47. The summed E-state index contributed by atoms with van der Waals surface area (Å²) < 4.78 is 0. The Morgan fingerprint density at radius 1 is 1.47 bits per heavy atom. The Hall–Kier alpha value is -1.82. The molecule has 0 aliphatic heterocycles. The third-order valence-electron chi connectivity index (χ3n) is 2.23. The summed E-state index contributed by atoms with van der Waals surface area (Å²) >= 11 is 5.69. The van der Waals surface area contributed by atoms with Gasteiger partial charge in [-0.25, -0.2) is 4.98 Å². The highest BCUT2D eigenvalue weighted by atomic mass is 35.5. The zero-order valence-electron chi connectivity index (χ0n) is 10.9. The molecule has 1 rings (SSSR count). The molecule has 0 saturated heterocycles. The maximum Gasteiger partial charge on any atom is 0.253 e. The van der Waals surface area contributed by atoms with Crippen LogP contribution in [0.4, 0.5) is 5.69 Å². The van der Waals surface area contributed by atoms with Crippen molar-refractivity contribution in [2.24, 2.45) is 0 Å². The summed E-state index contributed by atoms with van der Waals surface area (Å²) in [6.07, 6.45) is 1.53. The number of halogens is 1. The number of anilines is 1. The monoisotopic (exact) mass is 284 g/mol. The van der Waals surface area contributed by atoms with Gasteiger partial charge in [-0.05, 0) is 19.9 Å². The molecule has 0 spiro atoms. The van der Waals surface area contributed by atoms with Crippen molar-refractivity contribution in [1.82, 2.24) is 15.6 Å². The number of nitrogens with two attached hydrogens (primary N) is 1. The molecule has 19 heavy (non-hydrogen) atoms. The van der Waals surface area contributed by atoms with Crippen LogP contribution in [0.1, 0.15) is 30.6 Å². The molecule has 0 aromatic carbocycles. The summed E-state index contributed by atoms with van der Waals surface area (Å²) in [4.78, 5) is 26.9. The van der Waals surface area contributed by atoms with Crippen molar-refractivity contribution in [3.8, 4) is 0 Å². The van der Waals surface area contributed by atoms with E-state index in [0.29, 0.717) is 0 Å². The van der Waals surface area contributed by atoms with Crippen LogP contribution in [0.15, 0.2) is 12.3 Å². The fourth-order valence-electron chi connectivity index (χ4n) is 1.42. The minimum atomic E-state index is -0.376. The largest absolute Gasteiger partial charge is 0.397 e. The second-order valence-electron chi connectivity index (χ2n) is 4.32. The normalized spacial score (nSPS) is 10.3. The molecule has 0 atom stereocenters. The van der Waals surface area contributed by atoms with Gasteiger partial charge in [0.2, 0.25) is 5.91 Å². The lowest BCUT2D eigenvalue weighted by atomic mass is 10.2. The number of nitrogen functional groups attached to an aromatic ring is 1. The number of nitrogens with one attached hydrogen (secondary N) is 2. The number of pyridine rings is 1. The van der Waals surface area contributed by atoms with Crippen LogP contribution in [-0.2, 0) is 4.79 Å². The quantitative estimate of drug-likeness (QED) is 0.702. The van der Waals surface area contributed by atoms with Crippen molar-refractivity contribution in [2.45, 2.75) is 26.3 Å². The van der Waals surface area contributed by atoms with Crippen molar-refractivity contribution in [1.29, 1.82) is 0 Å². The second-order valence-corrected chi connectivity index (χ2v) is 4.71. The minimum Gasteiger partial charge on any atom is -0.397 e. The third kappa shape index (κ3) is 5.13. The van der Waals surface area contributed by atoms with Crippen LogP contribution in [0, 0.1) is 0 Å². The molecule has 4 N–H and O–H groups in total. The summed E-state index contributed by atoms with van der Waals surface area (Å²) in [5, 5.41) is 5.53. The molecule has 0 saturated carbocycles. The minimum absolute atomic E-state index is 0.0813. The van der Waals surface area contributed by atoms with E-state index in [1.54, 1.807) is 0 Å². The number of aromatic nitrogens is 1. The fraction of sp³-hybridized carbons (Fsp3) is 0.417. The van der Waals surface area contributed by atoms with Crippen LogP contribution in [0.2, 0.25) is 5.15 Å². The number of hydrogen-bond acceptors (Lipinski definition) is 4. The zero-order valence-corrected chi connectivity index (χ0v) is 11.6. The van der Waals surface area contributed by atoms with Crippen LogP contribution in [0.3, 0.4) is 0 Å².